The first kappa shape index (κ1) is 18.4. The molecule has 2 saturated heterocycles. The van der Waals surface area contributed by atoms with Gasteiger partial charge in [-0.1, -0.05) is 17.7 Å². The fourth-order valence-corrected chi connectivity index (χ4v) is 4.04. The van der Waals surface area contributed by atoms with E-state index in [0.29, 0.717) is 5.69 Å². The molecule has 0 radical (unpaired) electrons. The van der Waals surface area contributed by atoms with Gasteiger partial charge in [-0.25, -0.2) is 4.79 Å². The fourth-order valence-electron chi connectivity index (χ4n) is 4.04. The standard InChI is InChI=1S/C20H27N3O3/c1-13-8-10-17(11-9-13)23-16(4)19(25)21(20(23)26)12-18(24)22-14(2)6-5-7-15(22)3/h8-11,14-16H,5-7,12H2,1-4H3. The van der Waals surface area contributed by atoms with Gasteiger partial charge in [-0.05, 0) is 59.1 Å². The summed E-state index contributed by atoms with van der Waals surface area (Å²) >= 11 is 0. The molecular formula is C20H27N3O3. The summed E-state index contributed by atoms with van der Waals surface area (Å²) in [6.07, 6.45) is 3.03. The van der Waals surface area contributed by atoms with Crippen molar-refractivity contribution in [1.29, 1.82) is 0 Å². The van der Waals surface area contributed by atoms with Crippen molar-refractivity contribution >= 4 is 23.5 Å². The number of hydrogen-bond donors (Lipinski definition) is 0. The van der Waals surface area contributed by atoms with Crippen LogP contribution in [-0.2, 0) is 9.59 Å². The minimum Gasteiger partial charge on any atom is -0.336 e. The maximum atomic E-state index is 12.9. The van der Waals surface area contributed by atoms with Gasteiger partial charge in [0.05, 0.1) is 0 Å². The molecule has 0 spiro atoms. The van der Waals surface area contributed by atoms with Gasteiger partial charge >= 0.3 is 6.03 Å². The number of likely N-dealkylation sites (tertiary alicyclic amines) is 1. The van der Waals surface area contributed by atoms with Crippen LogP contribution in [0.1, 0.15) is 45.6 Å². The van der Waals surface area contributed by atoms with E-state index in [1.54, 1.807) is 6.92 Å². The number of piperidine rings is 1. The second kappa shape index (κ2) is 7.09. The molecule has 140 valence electrons. The zero-order valence-electron chi connectivity index (χ0n) is 15.9. The van der Waals surface area contributed by atoms with E-state index in [1.807, 2.05) is 49.9 Å². The van der Waals surface area contributed by atoms with Crippen molar-refractivity contribution in [2.24, 2.45) is 0 Å². The topological polar surface area (TPSA) is 60.9 Å². The van der Waals surface area contributed by atoms with Crippen molar-refractivity contribution in [3.63, 3.8) is 0 Å². The molecule has 0 aromatic heterocycles. The van der Waals surface area contributed by atoms with Crippen LogP contribution in [0.4, 0.5) is 10.5 Å². The minimum atomic E-state index is -0.603. The first-order valence-electron chi connectivity index (χ1n) is 9.33. The number of benzene rings is 1. The van der Waals surface area contributed by atoms with Gasteiger partial charge in [0.15, 0.2) is 0 Å². The zero-order chi connectivity index (χ0) is 19.0. The smallest absolute Gasteiger partial charge is 0.332 e. The second-order valence-electron chi connectivity index (χ2n) is 7.52. The summed E-state index contributed by atoms with van der Waals surface area (Å²) in [5.41, 5.74) is 1.76. The highest BCUT2D eigenvalue weighted by atomic mass is 16.2. The molecule has 4 amide bonds. The number of nitrogens with zero attached hydrogens (tertiary/aromatic N) is 3. The van der Waals surface area contributed by atoms with Crippen molar-refractivity contribution in [2.45, 2.75) is 65.1 Å². The lowest BCUT2D eigenvalue weighted by molar-refractivity contribution is -0.141. The van der Waals surface area contributed by atoms with Gasteiger partial charge < -0.3 is 4.90 Å². The Morgan fingerprint density at radius 1 is 1.04 bits per heavy atom. The molecular weight excluding hydrogens is 330 g/mol. The Morgan fingerprint density at radius 3 is 2.19 bits per heavy atom. The van der Waals surface area contributed by atoms with Gasteiger partial charge in [0, 0.05) is 17.8 Å². The largest absolute Gasteiger partial charge is 0.336 e. The molecule has 2 aliphatic heterocycles. The Bertz CT molecular complexity index is 706. The molecule has 2 aliphatic rings. The van der Waals surface area contributed by atoms with Crippen molar-refractivity contribution in [1.82, 2.24) is 9.80 Å². The van der Waals surface area contributed by atoms with Gasteiger partial charge in [-0.3, -0.25) is 19.4 Å². The van der Waals surface area contributed by atoms with Gasteiger partial charge in [-0.2, -0.15) is 0 Å². The van der Waals surface area contributed by atoms with Crippen molar-refractivity contribution in [2.75, 3.05) is 11.4 Å². The Balaban J connectivity index is 1.78. The molecule has 0 bridgehead atoms. The van der Waals surface area contributed by atoms with Crippen LogP contribution in [0.25, 0.3) is 0 Å². The molecule has 26 heavy (non-hydrogen) atoms. The lowest BCUT2D eigenvalue weighted by Crippen LogP contribution is -2.52. The Kier molecular flexibility index (Phi) is 5.03. The van der Waals surface area contributed by atoms with Crippen LogP contribution in [0.2, 0.25) is 0 Å². The van der Waals surface area contributed by atoms with Crippen molar-refractivity contribution in [3.8, 4) is 0 Å². The van der Waals surface area contributed by atoms with E-state index in [0.717, 1.165) is 29.7 Å². The molecule has 1 aromatic rings. The van der Waals surface area contributed by atoms with Crippen LogP contribution >= 0.6 is 0 Å². The number of anilines is 1. The van der Waals surface area contributed by atoms with Gasteiger partial charge in [0.25, 0.3) is 5.91 Å². The number of rotatable bonds is 3. The fraction of sp³-hybridized carbons (Fsp3) is 0.550. The molecule has 3 rings (SSSR count). The van der Waals surface area contributed by atoms with Crippen LogP contribution in [0.15, 0.2) is 24.3 Å². The Labute approximate surface area is 154 Å². The maximum Gasteiger partial charge on any atom is 0.332 e. The zero-order valence-corrected chi connectivity index (χ0v) is 15.9. The first-order valence-corrected chi connectivity index (χ1v) is 9.33. The van der Waals surface area contributed by atoms with E-state index in [9.17, 15) is 14.4 Å². The summed E-state index contributed by atoms with van der Waals surface area (Å²) in [7, 11) is 0. The van der Waals surface area contributed by atoms with Gasteiger partial charge in [0.1, 0.15) is 12.6 Å². The number of amides is 4. The van der Waals surface area contributed by atoms with E-state index in [2.05, 4.69) is 0 Å². The van der Waals surface area contributed by atoms with Crippen LogP contribution in [0, 0.1) is 6.92 Å². The lowest BCUT2D eigenvalue weighted by atomic mass is 9.97. The third kappa shape index (κ3) is 3.20. The predicted molar refractivity (Wildman–Crippen MR) is 99.9 cm³/mol. The lowest BCUT2D eigenvalue weighted by Gasteiger charge is -2.39. The summed E-state index contributed by atoms with van der Waals surface area (Å²) in [6, 6.07) is 6.74. The third-order valence-corrected chi connectivity index (χ3v) is 5.53. The number of aryl methyl sites for hydroxylation is 1. The maximum absolute atomic E-state index is 12.9. The third-order valence-electron chi connectivity index (χ3n) is 5.53. The summed E-state index contributed by atoms with van der Waals surface area (Å²) < 4.78 is 0. The quantitative estimate of drug-likeness (QED) is 0.782. The van der Waals surface area contributed by atoms with E-state index in [-0.39, 0.29) is 30.4 Å². The molecule has 2 heterocycles. The highest BCUT2D eigenvalue weighted by Gasteiger charge is 2.45. The van der Waals surface area contributed by atoms with Crippen molar-refractivity contribution < 1.29 is 14.4 Å². The van der Waals surface area contributed by atoms with Crippen LogP contribution in [0.5, 0.6) is 0 Å². The monoisotopic (exact) mass is 357 g/mol. The molecule has 6 nitrogen and oxygen atoms in total. The number of hydrogen-bond acceptors (Lipinski definition) is 3. The SMILES string of the molecule is Cc1ccc(N2C(=O)N(CC(=O)N3C(C)CCCC3C)C(=O)C2C)cc1. The molecule has 0 aliphatic carbocycles. The first-order chi connectivity index (χ1) is 12.3. The number of imide groups is 1. The van der Waals surface area contributed by atoms with Gasteiger partial charge in [-0.15, -0.1) is 0 Å². The van der Waals surface area contributed by atoms with E-state index in [4.69, 9.17) is 0 Å². The molecule has 1 aromatic carbocycles. The summed E-state index contributed by atoms with van der Waals surface area (Å²) in [4.78, 5) is 42.7. The highest BCUT2D eigenvalue weighted by Crippen LogP contribution is 2.27. The normalized spacial score (nSPS) is 26.6. The average molecular weight is 357 g/mol. The second-order valence-corrected chi connectivity index (χ2v) is 7.52. The number of carbonyl (C=O) groups is 3. The summed E-state index contributed by atoms with van der Waals surface area (Å²) in [5.74, 6) is -0.467. The predicted octanol–water partition coefficient (Wildman–Crippen LogP) is 2.94. The molecule has 2 fully saturated rings. The number of urea groups is 1. The number of carbonyl (C=O) groups excluding carboxylic acids is 3. The minimum absolute atomic E-state index is 0.143. The molecule has 3 unspecified atom stereocenters. The highest BCUT2D eigenvalue weighted by molar-refractivity contribution is 6.15. The molecule has 0 saturated carbocycles. The van der Waals surface area contributed by atoms with Crippen molar-refractivity contribution in [3.05, 3.63) is 29.8 Å². The summed E-state index contributed by atoms with van der Waals surface area (Å²) in [6.45, 7) is 7.55. The average Bonchev–Trinajstić information content (AvgIpc) is 2.79. The Hall–Kier alpha value is -2.37. The van der Waals surface area contributed by atoms with Crippen LogP contribution in [-0.4, -0.2) is 52.3 Å². The van der Waals surface area contributed by atoms with Gasteiger partial charge in [0.2, 0.25) is 5.91 Å². The molecule has 6 heteroatoms. The van der Waals surface area contributed by atoms with E-state index >= 15 is 0 Å². The van der Waals surface area contributed by atoms with E-state index < -0.39 is 12.1 Å². The summed E-state index contributed by atoms with van der Waals surface area (Å²) in [5, 5.41) is 0. The Morgan fingerprint density at radius 2 is 1.62 bits per heavy atom. The van der Waals surface area contributed by atoms with Crippen LogP contribution < -0.4 is 4.90 Å². The van der Waals surface area contributed by atoms with E-state index in [1.165, 1.54) is 4.90 Å². The molecule has 0 N–H and O–H groups in total. The molecule has 3 atom stereocenters. The van der Waals surface area contributed by atoms with Crippen LogP contribution in [0.3, 0.4) is 0 Å².